The second kappa shape index (κ2) is 6.98. The number of amides is 1. The van der Waals surface area contributed by atoms with Gasteiger partial charge in [-0.3, -0.25) is 4.79 Å². The monoisotopic (exact) mass is 337 g/mol. The highest BCUT2D eigenvalue weighted by Gasteiger charge is 2.35. The second-order valence-electron chi connectivity index (χ2n) is 6.09. The van der Waals surface area contributed by atoms with E-state index < -0.39 is 10.0 Å². The molecule has 1 aromatic carbocycles. The second-order valence-corrected chi connectivity index (χ2v) is 8.03. The van der Waals surface area contributed by atoms with E-state index in [2.05, 4.69) is 5.32 Å². The Kier molecular flexibility index (Phi) is 4.99. The predicted octanol–water partition coefficient (Wildman–Crippen LogP) is 0.519. The summed E-state index contributed by atoms with van der Waals surface area (Å²) in [6.45, 7) is 3.82. The van der Waals surface area contributed by atoms with Crippen LogP contribution in [0.5, 0.6) is 0 Å². The molecule has 0 aliphatic carbocycles. The summed E-state index contributed by atoms with van der Waals surface area (Å²) in [4.78, 5) is 14.8. The van der Waals surface area contributed by atoms with Crippen LogP contribution in [0.25, 0.3) is 0 Å². The van der Waals surface area contributed by atoms with Gasteiger partial charge in [0.2, 0.25) is 15.9 Å². The molecular weight excluding hydrogens is 314 g/mol. The summed E-state index contributed by atoms with van der Waals surface area (Å²) in [5, 5.41) is 3.23. The summed E-state index contributed by atoms with van der Waals surface area (Å²) in [6.07, 6.45) is 1.50. The van der Waals surface area contributed by atoms with Crippen LogP contribution in [0.4, 0.5) is 0 Å². The summed E-state index contributed by atoms with van der Waals surface area (Å²) in [5.74, 6) is -0.125. The van der Waals surface area contributed by atoms with Crippen LogP contribution in [0, 0.1) is 5.92 Å². The van der Waals surface area contributed by atoms with Gasteiger partial charge < -0.3 is 10.2 Å². The van der Waals surface area contributed by atoms with Gasteiger partial charge in [0.15, 0.2) is 0 Å². The molecule has 0 spiro atoms. The fourth-order valence-electron chi connectivity index (χ4n) is 3.25. The molecule has 1 N–H and O–H groups in total. The van der Waals surface area contributed by atoms with Crippen molar-refractivity contribution in [3.05, 3.63) is 30.3 Å². The fraction of sp³-hybridized carbons (Fsp3) is 0.562. The van der Waals surface area contributed by atoms with Gasteiger partial charge in [-0.1, -0.05) is 18.2 Å². The van der Waals surface area contributed by atoms with Crippen molar-refractivity contribution < 1.29 is 13.2 Å². The lowest BCUT2D eigenvalue weighted by Gasteiger charge is -2.35. The third-order valence-electron chi connectivity index (χ3n) is 4.54. The van der Waals surface area contributed by atoms with Crippen molar-refractivity contribution in [1.29, 1.82) is 0 Å². The van der Waals surface area contributed by atoms with Crippen molar-refractivity contribution in [2.24, 2.45) is 5.92 Å². The standard InChI is InChI=1S/C16H23N3O3S/c20-16(18-11-8-17-9-12-18)14-5-4-10-19(13-14)23(21,22)15-6-2-1-3-7-15/h1-3,6-7,14,17H,4-5,8-13H2. The first-order chi connectivity index (χ1) is 11.1. The largest absolute Gasteiger partial charge is 0.340 e. The molecule has 1 unspecified atom stereocenters. The molecule has 1 atom stereocenters. The Morgan fingerprint density at radius 3 is 2.48 bits per heavy atom. The minimum absolute atomic E-state index is 0.0967. The Balaban J connectivity index is 1.72. The topological polar surface area (TPSA) is 69.7 Å². The molecule has 23 heavy (non-hydrogen) atoms. The molecule has 2 aliphatic heterocycles. The number of carbonyl (C=O) groups excluding carboxylic acids is 1. The van der Waals surface area contributed by atoms with Gasteiger partial charge in [-0.25, -0.2) is 8.42 Å². The minimum atomic E-state index is -3.51. The first-order valence-electron chi connectivity index (χ1n) is 8.14. The number of piperazine rings is 1. The third-order valence-corrected chi connectivity index (χ3v) is 6.42. The summed E-state index contributed by atoms with van der Waals surface area (Å²) in [7, 11) is -3.51. The molecule has 2 fully saturated rings. The molecule has 1 aromatic rings. The van der Waals surface area contributed by atoms with E-state index in [9.17, 15) is 13.2 Å². The predicted molar refractivity (Wildman–Crippen MR) is 87.4 cm³/mol. The molecule has 0 bridgehead atoms. The van der Waals surface area contributed by atoms with Crippen LogP contribution < -0.4 is 5.32 Å². The average Bonchev–Trinajstić information content (AvgIpc) is 2.62. The van der Waals surface area contributed by atoms with E-state index in [1.54, 1.807) is 30.3 Å². The average molecular weight is 337 g/mol. The molecule has 1 amide bonds. The zero-order valence-corrected chi connectivity index (χ0v) is 14.0. The maximum atomic E-state index is 12.7. The first-order valence-corrected chi connectivity index (χ1v) is 9.58. The van der Waals surface area contributed by atoms with Gasteiger partial charge in [0.1, 0.15) is 0 Å². The van der Waals surface area contributed by atoms with Gasteiger partial charge in [-0.05, 0) is 25.0 Å². The lowest BCUT2D eigenvalue weighted by atomic mass is 9.98. The molecule has 6 nitrogen and oxygen atoms in total. The highest BCUT2D eigenvalue weighted by Crippen LogP contribution is 2.25. The van der Waals surface area contributed by atoms with E-state index in [1.165, 1.54) is 4.31 Å². The minimum Gasteiger partial charge on any atom is -0.340 e. The van der Waals surface area contributed by atoms with Gasteiger partial charge in [-0.2, -0.15) is 4.31 Å². The van der Waals surface area contributed by atoms with Crippen LogP contribution in [-0.4, -0.2) is 62.8 Å². The van der Waals surface area contributed by atoms with Gasteiger partial charge in [0, 0.05) is 39.3 Å². The van der Waals surface area contributed by atoms with E-state index >= 15 is 0 Å². The Hall–Kier alpha value is -1.44. The lowest BCUT2D eigenvalue weighted by molar-refractivity contribution is -0.137. The molecule has 126 valence electrons. The molecule has 3 rings (SSSR count). The maximum Gasteiger partial charge on any atom is 0.243 e. The lowest BCUT2D eigenvalue weighted by Crippen LogP contribution is -2.51. The number of hydrogen-bond donors (Lipinski definition) is 1. The third kappa shape index (κ3) is 3.57. The molecule has 2 saturated heterocycles. The maximum absolute atomic E-state index is 12.7. The number of sulfonamides is 1. The van der Waals surface area contributed by atoms with Crippen LogP contribution in [0.2, 0.25) is 0 Å². The van der Waals surface area contributed by atoms with Crippen LogP contribution in [0.1, 0.15) is 12.8 Å². The van der Waals surface area contributed by atoms with E-state index in [0.717, 1.165) is 25.9 Å². The van der Waals surface area contributed by atoms with E-state index in [1.807, 2.05) is 4.90 Å². The summed E-state index contributed by atoms with van der Waals surface area (Å²) in [6, 6.07) is 8.46. The van der Waals surface area contributed by atoms with Gasteiger partial charge in [0.25, 0.3) is 0 Å². The van der Waals surface area contributed by atoms with E-state index in [4.69, 9.17) is 0 Å². The first kappa shape index (κ1) is 16.4. The SMILES string of the molecule is O=C(C1CCCN(S(=O)(=O)c2ccccc2)C1)N1CCNCC1. The highest BCUT2D eigenvalue weighted by molar-refractivity contribution is 7.89. The van der Waals surface area contributed by atoms with Crippen LogP contribution in [-0.2, 0) is 14.8 Å². The molecule has 2 aliphatic rings. The number of benzene rings is 1. The van der Waals surface area contributed by atoms with Crippen molar-refractivity contribution in [1.82, 2.24) is 14.5 Å². The normalized spacial score (nSPS) is 23.7. The number of rotatable bonds is 3. The number of carbonyl (C=O) groups is 1. The summed E-state index contributed by atoms with van der Waals surface area (Å²) in [5.41, 5.74) is 0. The van der Waals surface area contributed by atoms with E-state index in [0.29, 0.717) is 31.1 Å². The van der Waals surface area contributed by atoms with Crippen LogP contribution in [0.3, 0.4) is 0 Å². The van der Waals surface area contributed by atoms with Gasteiger partial charge >= 0.3 is 0 Å². The quantitative estimate of drug-likeness (QED) is 0.873. The Labute approximate surface area is 137 Å². The van der Waals surface area contributed by atoms with Crippen molar-refractivity contribution in [3.8, 4) is 0 Å². The number of hydrogen-bond acceptors (Lipinski definition) is 4. The molecular formula is C16H23N3O3S. The van der Waals surface area contributed by atoms with Gasteiger partial charge in [0.05, 0.1) is 10.8 Å². The van der Waals surface area contributed by atoms with Crippen LogP contribution in [0.15, 0.2) is 35.2 Å². The Morgan fingerprint density at radius 2 is 1.78 bits per heavy atom. The molecule has 0 radical (unpaired) electrons. The zero-order valence-electron chi connectivity index (χ0n) is 13.1. The molecule has 0 saturated carbocycles. The highest BCUT2D eigenvalue weighted by atomic mass is 32.2. The van der Waals surface area contributed by atoms with Crippen molar-refractivity contribution in [2.75, 3.05) is 39.3 Å². The van der Waals surface area contributed by atoms with Crippen molar-refractivity contribution >= 4 is 15.9 Å². The van der Waals surface area contributed by atoms with E-state index in [-0.39, 0.29) is 11.8 Å². The fourth-order valence-corrected chi connectivity index (χ4v) is 4.79. The Morgan fingerprint density at radius 1 is 1.09 bits per heavy atom. The molecule has 2 heterocycles. The number of piperidine rings is 1. The number of nitrogens with one attached hydrogen (secondary N) is 1. The smallest absolute Gasteiger partial charge is 0.243 e. The van der Waals surface area contributed by atoms with Crippen LogP contribution >= 0.6 is 0 Å². The summed E-state index contributed by atoms with van der Waals surface area (Å²) >= 11 is 0. The molecule has 0 aromatic heterocycles. The molecule has 7 heteroatoms. The van der Waals surface area contributed by atoms with Gasteiger partial charge in [-0.15, -0.1) is 0 Å². The number of nitrogens with zero attached hydrogens (tertiary/aromatic N) is 2. The Bertz CT molecular complexity index is 642. The van der Waals surface area contributed by atoms with Crippen molar-refractivity contribution in [3.63, 3.8) is 0 Å². The zero-order chi connectivity index (χ0) is 16.3. The van der Waals surface area contributed by atoms with Crippen molar-refractivity contribution in [2.45, 2.75) is 17.7 Å². The summed E-state index contributed by atoms with van der Waals surface area (Å²) < 4.78 is 26.9.